The summed E-state index contributed by atoms with van der Waals surface area (Å²) in [6.07, 6.45) is 4.95. The lowest BCUT2D eigenvalue weighted by molar-refractivity contribution is 0.507. The second kappa shape index (κ2) is 5.13. The van der Waals surface area contributed by atoms with Crippen molar-refractivity contribution in [3.8, 4) is 0 Å². The van der Waals surface area contributed by atoms with Crippen LogP contribution in [0, 0.1) is 4.77 Å². The van der Waals surface area contributed by atoms with Gasteiger partial charge in [-0.15, -0.1) is 5.10 Å². The van der Waals surface area contributed by atoms with Crippen molar-refractivity contribution in [3.63, 3.8) is 0 Å². The summed E-state index contributed by atoms with van der Waals surface area (Å²) in [5.74, 6) is 2.43. The Labute approximate surface area is 114 Å². The Morgan fingerprint density at radius 3 is 2.61 bits per heavy atom. The molecule has 5 nitrogen and oxygen atoms in total. The second-order valence-electron chi connectivity index (χ2n) is 4.97. The van der Waals surface area contributed by atoms with E-state index in [1.54, 1.807) is 0 Å². The number of aromatic nitrogens is 3. The Balaban J connectivity index is 1.87. The molecule has 1 aliphatic heterocycles. The third-order valence-corrected chi connectivity index (χ3v) is 5.40. The molecule has 2 aliphatic rings. The minimum atomic E-state index is -0.651. The fraction of sp³-hybridized carbons (Fsp3) is 0.818. The van der Waals surface area contributed by atoms with Crippen LogP contribution in [0.1, 0.15) is 31.7 Å². The lowest BCUT2D eigenvalue weighted by atomic mass is 10.2. The summed E-state index contributed by atoms with van der Waals surface area (Å²) >= 11 is 5.36. The number of hydrogen-bond acceptors (Lipinski definition) is 4. The maximum Gasteiger partial charge on any atom is 0.226 e. The van der Waals surface area contributed by atoms with Crippen molar-refractivity contribution in [2.75, 3.05) is 29.5 Å². The van der Waals surface area contributed by atoms with E-state index in [-0.39, 0.29) is 0 Å². The van der Waals surface area contributed by atoms with E-state index in [1.165, 1.54) is 25.7 Å². The normalized spacial score (nSPS) is 22.8. The molecule has 0 amide bonds. The Hall–Kier alpha value is -0.690. The van der Waals surface area contributed by atoms with Crippen LogP contribution >= 0.6 is 12.2 Å². The zero-order valence-electron chi connectivity index (χ0n) is 10.3. The third kappa shape index (κ3) is 2.25. The molecule has 0 bridgehead atoms. The molecular formula is C11H18N4OS2. The van der Waals surface area contributed by atoms with Crippen molar-refractivity contribution >= 4 is 29.0 Å². The summed E-state index contributed by atoms with van der Waals surface area (Å²) in [5.41, 5.74) is 0. The number of hydrogen-bond donors (Lipinski definition) is 1. The maximum atomic E-state index is 11.4. The maximum absolute atomic E-state index is 11.4. The summed E-state index contributed by atoms with van der Waals surface area (Å²) in [6, 6.07) is 0.499. The molecule has 0 atom stereocenters. The molecule has 2 heterocycles. The van der Waals surface area contributed by atoms with Gasteiger partial charge in [0, 0.05) is 41.4 Å². The van der Waals surface area contributed by atoms with Crippen molar-refractivity contribution in [1.82, 2.24) is 14.8 Å². The van der Waals surface area contributed by atoms with E-state index in [0.717, 1.165) is 35.3 Å². The van der Waals surface area contributed by atoms with Gasteiger partial charge in [-0.3, -0.25) is 8.78 Å². The van der Waals surface area contributed by atoms with E-state index in [4.69, 9.17) is 12.2 Å². The fourth-order valence-electron chi connectivity index (χ4n) is 2.85. The Morgan fingerprint density at radius 1 is 1.28 bits per heavy atom. The van der Waals surface area contributed by atoms with Gasteiger partial charge < -0.3 is 4.90 Å². The molecule has 7 heteroatoms. The van der Waals surface area contributed by atoms with Crippen LogP contribution in [-0.2, 0) is 10.8 Å². The average molecular weight is 286 g/mol. The summed E-state index contributed by atoms with van der Waals surface area (Å²) in [7, 11) is -0.651. The van der Waals surface area contributed by atoms with Gasteiger partial charge in [0.1, 0.15) is 0 Å². The standard InChI is InChI=1S/C11H18N4OS2/c16-18-7-5-14(6-8-18)10-12-13-11(17)15(10)9-3-1-2-4-9/h9H,1-8H2,(H,13,17). The molecule has 1 aromatic rings. The third-order valence-electron chi connectivity index (χ3n) is 3.84. The molecule has 0 unspecified atom stereocenters. The first kappa shape index (κ1) is 12.3. The van der Waals surface area contributed by atoms with Crippen LogP contribution in [0.3, 0.4) is 0 Å². The van der Waals surface area contributed by atoms with E-state index in [0.29, 0.717) is 6.04 Å². The molecule has 0 radical (unpaired) electrons. The fourth-order valence-corrected chi connectivity index (χ4v) is 4.18. The highest BCUT2D eigenvalue weighted by Gasteiger charge is 2.25. The summed E-state index contributed by atoms with van der Waals surface area (Å²) < 4.78 is 14.3. The lowest BCUT2D eigenvalue weighted by Crippen LogP contribution is -2.39. The molecule has 3 rings (SSSR count). The summed E-state index contributed by atoms with van der Waals surface area (Å²) in [4.78, 5) is 2.21. The lowest BCUT2D eigenvalue weighted by Gasteiger charge is -2.28. The van der Waals surface area contributed by atoms with Crippen LogP contribution in [0.25, 0.3) is 0 Å². The van der Waals surface area contributed by atoms with Gasteiger partial charge >= 0.3 is 0 Å². The number of rotatable bonds is 2. The SMILES string of the molecule is O=S1CCN(c2n[nH]c(=S)n2C2CCCC2)CC1. The average Bonchev–Trinajstić information content (AvgIpc) is 2.99. The molecule has 0 spiro atoms. The molecule has 100 valence electrons. The first-order valence-corrected chi connectivity index (χ1v) is 8.42. The summed E-state index contributed by atoms with van der Waals surface area (Å²) in [6.45, 7) is 1.64. The van der Waals surface area contributed by atoms with Crippen molar-refractivity contribution in [3.05, 3.63) is 4.77 Å². The van der Waals surface area contributed by atoms with Gasteiger partial charge in [-0.25, -0.2) is 5.10 Å². The van der Waals surface area contributed by atoms with Crippen molar-refractivity contribution in [2.24, 2.45) is 0 Å². The highest BCUT2D eigenvalue weighted by molar-refractivity contribution is 7.85. The number of anilines is 1. The molecule has 1 aliphatic carbocycles. The predicted molar refractivity (Wildman–Crippen MR) is 75.0 cm³/mol. The van der Waals surface area contributed by atoms with Crippen molar-refractivity contribution < 1.29 is 4.21 Å². The Morgan fingerprint density at radius 2 is 1.94 bits per heavy atom. The number of aromatic amines is 1. The number of nitrogens with zero attached hydrogens (tertiary/aromatic N) is 3. The van der Waals surface area contributed by atoms with Gasteiger partial charge in [0.25, 0.3) is 0 Å². The minimum absolute atomic E-state index is 0.499. The smallest absolute Gasteiger partial charge is 0.226 e. The van der Waals surface area contributed by atoms with Crippen LogP contribution in [0.2, 0.25) is 0 Å². The molecule has 2 fully saturated rings. The van der Waals surface area contributed by atoms with Gasteiger partial charge in [-0.1, -0.05) is 12.8 Å². The highest BCUT2D eigenvalue weighted by atomic mass is 32.2. The largest absolute Gasteiger partial charge is 0.339 e. The van der Waals surface area contributed by atoms with E-state index in [2.05, 4.69) is 19.7 Å². The quantitative estimate of drug-likeness (QED) is 0.840. The topological polar surface area (TPSA) is 53.9 Å². The summed E-state index contributed by atoms with van der Waals surface area (Å²) in [5, 5.41) is 7.30. The van der Waals surface area contributed by atoms with Crippen LogP contribution in [0.5, 0.6) is 0 Å². The molecular weight excluding hydrogens is 268 g/mol. The van der Waals surface area contributed by atoms with Gasteiger partial charge in [0.2, 0.25) is 5.95 Å². The van der Waals surface area contributed by atoms with E-state index in [1.807, 2.05) is 0 Å². The van der Waals surface area contributed by atoms with E-state index in [9.17, 15) is 4.21 Å². The van der Waals surface area contributed by atoms with Gasteiger partial charge in [0.15, 0.2) is 4.77 Å². The molecule has 1 saturated carbocycles. The van der Waals surface area contributed by atoms with Gasteiger partial charge in [-0.05, 0) is 25.1 Å². The zero-order chi connectivity index (χ0) is 12.5. The second-order valence-corrected chi connectivity index (χ2v) is 7.06. The minimum Gasteiger partial charge on any atom is -0.339 e. The molecule has 1 aromatic heterocycles. The first-order chi connectivity index (χ1) is 8.75. The Bertz CT molecular complexity index is 493. The highest BCUT2D eigenvalue weighted by Crippen LogP contribution is 2.32. The van der Waals surface area contributed by atoms with Crippen LogP contribution in [0.4, 0.5) is 5.95 Å². The first-order valence-electron chi connectivity index (χ1n) is 6.52. The molecule has 1 N–H and O–H groups in total. The Kier molecular flexibility index (Phi) is 3.52. The van der Waals surface area contributed by atoms with Crippen LogP contribution in [-0.4, -0.2) is 43.6 Å². The van der Waals surface area contributed by atoms with Crippen LogP contribution < -0.4 is 4.90 Å². The van der Waals surface area contributed by atoms with Gasteiger partial charge in [0.05, 0.1) is 0 Å². The molecule has 1 saturated heterocycles. The van der Waals surface area contributed by atoms with E-state index < -0.39 is 10.8 Å². The predicted octanol–water partition coefficient (Wildman–Crippen LogP) is 1.62. The van der Waals surface area contributed by atoms with E-state index >= 15 is 0 Å². The molecule has 0 aromatic carbocycles. The molecule has 18 heavy (non-hydrogen) atoms. The zero-order valence-corrected chi connectivity index (χ0v) is 11.9. The number of nitrogens with one attached hydrogen (secondary N) is 1. The monoisotopic (exact) mass is 286 g/mol. The van der Waals surface area contributed by atoms with Crippen molar-refractivity contribution in [1.29, 1.82) is 0 Å². The number of H-pyrrole nitrogens is 1. The van der Waals surface area contributed by atoms with Crippen molar-refractivity contribution in [2.45, 2.75) is 31.7 Å². The van der Waals surface area contributed by atoms with Crippen LogP contribution in [0.15, 0.2) is 0 Å². The van der Waals surface area contributed by atoms with Gasteiger partial charge in [-0.2, -0.15) is 0 Å².